The summed E-state index contributed by atoms with van der Waals surface area (Å²) in [5.41, 5.74) is 1.25. The minimum absolute atomic E-state index is 0.00941. The highest BCUT2D eigenvalue weighted by molar-refractivity contribution is 7.18. The molecule has 0 atom stereocenters. The second kappa shape index (κ2) is 8.26. The van der Waals surface area contributed by atoms with Crippen LogP contribution < -0.4 is 10.2 Å². The molecule has 4 rings (SSSR count). The maximum atomic E-state index is 13.0. The van der Waals surface area contributed by atoms with E-state index < -0.39 is 0 Å². The first-order valence-electron chi connectivity index (χ1n) is 9.23. The molecule has 2 amide bonds. The van der Waals surface area contributed by atoms with Crippen LogP contribution >= 0.6 is 22.9 Å². The third kappa shape index (κ3) is 4.13. The summed E-state index contributed by atoms with van der Waals surface area (Å²) in [5.74, 6) is 0.529. The van der Waals surface area contributed by atoms with Crippen molar-refractivity contribution >= 4 is 45.7 Å². The van der Waals surface area contributed by atoms with E-state index in [2.05, 4.69) is 20.2 Å². The number of piperazine rings is 1. The average molecular weight is 430 g/mol. The van der Waals surface area contributed by atoms with Crippen LogP contribution in [0.2, 0.25) is 5.02 Å². The summed E-state index contributed by atoms with van der Waals surface area (Å²) in [5, 5.41) is 3.87. The molecule has 0 radical (unpaired) electrons. The SMILES string of the molecule is Cc1cc(NC(=O)c2ccccc2Cl)sc1C(=O)N1CCN(c2ncc[nH]2)CC1. The van der Waals surface area contributed by atoms with Gasteiger partial charge in [-0.15, -0.1) is 11.3 Å². The number of carbonyl (C=O) groups is 2. The number of nitrogens with zero attached hydrogens (tertiary/aromatic N) is 3. The molecule has 0 spiro atoms. The Morgan fingerprint density at radius 2 is 1.97 bits per heavy atom. The van der Waals surface area contributed by atoms with Crippen molar-refractivity contribution in [3.63, 3.8) is 0 Å². The summed E-state index contributed by atoms with van der Waals surface area (Å²) in [6.45, 7) is 4.57. The minimum Gasteiger partial charge on any atom is -0.339 e. The molecule has 1 aromatic carbocycles. The van der Waals surface area contributed by atoms with Crippen LogP contribution in [0.5, 0.6) is 0 Å². The maximum absolute atomic E-state index is 13.0. The number of aromatic nitrogens is 2. The monoisotopic (exact) mass is 429 g/mol. The molecule has 2 aromatic heterocycles. The predicted octanol–water partition coefficient (Wildman–Crippen LogP) is 3.65. The van der Waals surface area contributed by atoms with Crippen LogP contribution in [0.1, 0.15) is 25.6 Å². The summed E-state index contributed by atoms with van der Waals surface area (Å²) in [4.78, 5) is 37.4. The smallest absolute Gasteiger partial charge is 0.264 e. The highest BCUT2D eigenvalue weighted by Gasteiger charge is 2.26. The molecule has 1 aliphatic heterocycles. The van der Waals surface area contributed by atoms with E-state index in [1.165, 1.54) is 11.3 Å². The number of amides is 2. The van der Waals surface area contributed by atoms with Gasteiger partial charge in [-0.1, -0.05) is 23.7 Å². The third-order valence-corrected chi connectivity index (χ3v) is 6.29. The van der Waals surface area contributed by atoms with Crippen LogP contribution in [0.4, 0.5) is 10.9 Å². The van der Waals surface area contributed by atoms with Crippen molar-refractivity contribution in [1.82, 2.24) is 14.9 Å². The Bertz CT molecular complexity index is 1030. The van der Waals surface area contributed by atoms with Gasteiger partial charge in [0.1, 0.15) is 0 Å². The highest BCUT2D eigenvalue weighted by Crippen LogP contribution is 2.29. The van der Waals surface area contributed by atoms with Crippen molar-refractivity contribution in [1.29, 1.82) is 0 Å². The zero-order chi connectivity index (χ0) is 20.4. The molecule has 150 valence electrons. The van der Waals surface area contributed by atoms with Gasteiger partial charge in [0.25, 0.3) is 11.8 Å². The van der Waals surface area contributed by atoms with Crippen LogP contribution in [0.3, 0.4) is 0 Å². The molecule has 0 unspecified atom stereocenters. The predicted molar refractivity (Wildman–Crippen MR) is 115 cm³/mol. The standard InChI is InChI=1S/C20H20ClN5O2S/c1-13-12-16(24-18(27)14-4-2-3-5-15(14)21)29-17(13)19(28)25-8-10-26(11-9-25)20-22-6-7-23-20/h2-7,12H,8-11H2,1H3,(H,22,23)(H,24,27). The number of rotatable bonds is 4. The molecule has 7 nitrogen and oxygen atoms in total. The van der Waals surface area contributed by atoms with Gasteiger partial charge >= 0.3 is 0 Å². The van der Waals surface area contributed by atoms with E-state index in [0.29, 0.717) is 33.6 Å². The van der Waals surface area contributed by atoms with Crippen molar-refractivity contribution < 1.29 is 9.59 Å². The Morgan fingerprint density at radius 3 is 2.66 bits per heavy atom. The number of halogens is 1. The van der Waals surface area contributed by atoms with Gasteiger partial charge in [0.15, 0.2) is 0 Å². The van der Waals surface area contributed by atoms with E-state index in [1.807, 2.05) is 17.9 Å². The van der Waals surface area contributed by atoms with Crippen molar-refractivity contribution in [3.8, 4) is 0 Å². The van der Waals surface area contributed by atoms with Gasteiger partial charge in [-0.25, -0.2) is 4.98 Å². The largest absolute Gasteiger partial charge is 0.339 e. The number of aryl methyl sites for hydroxylation is 1. The molecule has 1 aliphatic rings. The molecule has 0 saturated carbocycles. The Kier molecular flexibility index (Phi) is 5.55. The summed E-state index contributed by atoms with van der Waals surface area (Å²) >= 11 is 7.38. The molecule has 3 heterocycles. The summed E-state index contributed by atoms with van der Waals surface area (Å²) in [7, 11) is 0. The van der Waals surface area contributed by atoms with Gasteiger partial charge in [0.05, 0.1) is 20.5 Å². The van der Waals surface area contributed by atoms with Gasteiger partial charge in [0, 0.05) is 38.6 Å². The van der Waals surface area contributed by atoms with Crippen LogP contribution in [0.15, 0.2) is 42.7 Å². The van der Waals surface area contributed by atoms with E-state index in [-0.39, 0.29) is 11.8 Å². The minimum atomic E-state index is -0.289. The molecule has 1 saturated heterocycles. The first kappa shape index (κ1) is 19.5. The van der Waals surface area contributed by atoms with Crippen LogP contribution in [-0.4, -0.2) is 52.9 Å². The average Bonchev–Trinajstić information content (AvgIpc) is 3.38. The normalized spacial score (nSPS) is 14.1. The van der Waals surface area contributed by atoms with E-state index in [1.54, 1.807) is 36.7 Å². The van der Waals surface area contributed by atoms with E-state index in [9.17, 15) is 9.59 Å². The molecule has 0 bridgehead atoms. The lowest BCUT2D eigenvalue weighted by Gasteiger charge is -2.34. The number of H-pyrrole nitrogens is 1. The molecule has 3 aromatic rings. The van der Waals surface area contributed by atoms with Crippen LogP contribution in [-0.2, 0) is 0 Å². The third-order valence-electron chi connectivity index (χ3n) is 4.82. The molecule has 0 aliphatic carbocycles. The molecule has 9 heteroatoms. The Labute approximate surface area is 177 Å². The summed E-state index contributed by atoms with van der Waals surface area (Å²) in [6.07, 6.45) is 3.51. The second-order valence-electron chi connectivity index (χ2n) is 6.75. The molecule has 29 heavy (non-hydrogen) atoms. The summed E-state index contributed by atoms with van der Waals surface area (Å²) < 4.78 is 0. The van der Waals surface area contributed by atoms with Crippen LogP contribution in [0, 0.1) is 6.92 Å². The van der Waals surface area contributed by atoms with Crippen molar-refractivity contribution in [2.24, 2.45) is 0 Å². The second-order valence-corrected chi connectivity index (χ2v) is 8.21. The van der Waals surface area contributed by atoms with Gasteiger partial charge in [-0.3, -0.25) is 9.59 Å². The number of benzene rings is 1. The maximum Gasteiger partial charge on any atom is 0.264 e. The van der Waals surface area contributed by atoms with Crippen LogP contribution in [0.25, 0.3) is 0 Å². The van der Waals surface area contributed by atoms with E-state index >= 15 is 0 Å². The first-order chi connectivity index (χ1) is 14.0. The van der Waals surface area contributed by atoms with E-state index in [4.69, 9.17) is 11.6 Å². The number of thiophene rings is 1. The molecule has 2 N–H and O–H groups in total. The number of imidazole rings is 1. The van der Waals surface area contributed by atoms with E-state index in [0.717, 1.165) is 24.6 Å². The number of nitrogens with one attached hydrogen (secondary N) is 2. The number of aromatic amines is 1. The lowest BCUT2D eigenvalue weighted by molar-refractivity contribution is 0.0750. The van der Waals surface area contributed by atoms with Crippen molar-refractivity contribution in [2.75, 3.05) is 36.4 Å². The fraction of sp³-hybridized carbons (Fsp3) is 0.250. The quantitative estimate of drug-likeness (QED) is 0.663. The van der Waals surface area contributed by atoms with Gasteiger partial charge in [-0.2, -0.15) is 0 Å². The summed E-state index contributed by atoms with van der Waals surface area (Å²) in [6, 6.07) is 8.70. The van der Waals surface area contributed by atoms with Crippen molar-refractivity contribution in [2.45, 2.75) is 6.92 Å². The number of hydrogen-bond donors (Lipinski definition) is 2. The number of carbonyl (C=O) groups excluding carboxylic acids is 2. The zero-order valence-corrected chi connectivity index (χ0v) is 17.4. The number of anilines is 2. The lowest BCUT2D eigenvalue weighted by Crippen LogP contribution is -2.49. The fourth-order valence-corrected chi connectivity index (χ4v) is 4.53. The van der Waals surface area contributed by atoms with Crippen molar-refractivity contribution in [3.05, 3.63) is 63.8 Å². The van der Waals surface area contributed by atoms with Gasteiger partial charge in [0.2, 0.25) is 5.95 Å². The first-order valence-corrected chi connectivity index (χ1v) is 10.4. The highest BCUT2D eigenvalue weighted by atomic mass is 35.5. The fourth-order valence-electron chi connectivity index (χ4n) is 3.28. The Morgan fingerprint density at radius 1 is 1.21 bits per heavy atom. The zero-order valence-electron chi connectivity index (χ0n) is 15.8. The molecule has 1 fully saturated rings. The Hall–Kier alpha value is -2.84. The van der Waals surface area contributed by atoms with Gasteiger partial charge < -0.3 is 20.1 Å². The molecular weight excluding hydrogens is 410 g/mol. The van der Waals surface area contributed by atoms with Gasteiger partial charge in [-0.05, 0) is 30.7 Å². The topological polar surface area (TPSA) is 81.3 Å². The lowest BCUT2D eigenvalue weighted by atomic mass is 10.2. The Balaban J connectivity index is 1.42. The number of hydrogen-bond acceptors (Lipinski definition) is 5. The molecular formula is C20H20ClN5O2S.